The van der Waals surface area contributed by atoms with Crippen molar-refractivity contribution in [2.24, 2.45) is 16.6 Å². The molecular weight excluding hydrogens is 356 g/mol. The first-order valence-electron chi connectivity index (χ1n) is 8.22. The fourth-order valence-electron chi connectivity index (χ4n) is 3.12. The van der Waals surface area contributed by atoms with Gasteiger partial charge in [-0.2, -0.15) is 0 Å². The van der Waals surface area contributed by atoms with E-state index in [1.807, 2.05) is 0 Å². The molecule has 0 radical (unpaired) electrons. The minimum Gasteiger partial charge on any atom is -0.495 e. The van der Waals surface area contributed by atoms with Crippen LogP contribution in [-0.2, 0) is 0 Å². The summed E-state index contributed by atoms with van der Waals surface area (Å²) in [7, 11) is 1.52. The van der Waals surface area contributed by atoms with Gasteiger partial charge in [-0.15, -0.1) is 0 Å². The molecule has 0 bridgehead atoms. The summed E-state index contributed by atoms with van der Waals surface area (Å²) in [6.45, 7) is 0. The van der Waals surface area contributed by atoms with E-state index in [2.05, 4.69) is 9.98 Å². The molecule has 1 aromatic carbocycles. The van der Waals surface area contributed by atoms with Crippen LogP contribution in [0.3, 0.4) is 0 Å². The van der Waals surface area contributed by atoms with Crippen LogP contribution in [0.5, 0.6) is 5.75 Å². The van der Waals surface area contributed by atoms with Crippen LogP contribution in [-0.4, -0.2) is 22.5 Å². The molecule has 2 aromatic rings. The molecule has 1 aliphatic heterocycles. The lowest BCUT2D eigenvalue weighted by atomic mass is 9.99. The van der Waals surface area contributed by atoms with Gasteiger partial charge in [0.1, 0.15) is 17.4 Å². The molecule has 4 nitrogen and oxygen atoms in total. The molecular formula is C19H17F2N3OS. The number of benzene rings is 1. The Balaban J connectivity index is 1.64. The van der Waals surface area contributed by atoms with Crippen LogP contribution in [0, 0.1) is 11.7 Å². The molecule has 1 fully saturated rings. The number of amidine groups is 1. The van der Waals surface area contributed by atoms with Crippen molar-refractivity contribution in [3.63, 3.8) is 0 Å². The second-order valence-electron chi connectivity index (χ2n) is 6.32. The van der Waals surface area contributed by atoms with Gasteiger partial charge in [-0.1, -0.05) is 17.8 Å². The maximum Gasteiger partial charge on any atom is 0.154 e. The van der Waals surface area contributed by atoms with Crippen LogP contribution in [0.25, 0.3) is 11.9 Å². The maximum absolute atomic E-state index is 14.5. The van der Waals surface area contributed by atoms with Crippen LogP contribution >= 0.6 is 11.8 Å². The van der Waals surface area contributed by atoms with E-state index < -0.39 is 5.83 Å². The van der Waals surface area contributed by atoms with Crippen molar-refractivity contribution in [3.8, 4) is 5.75 Å². The summed E-state index contributed by atoms with van der Waals surface area (Å²) in [6.07, 6.45) is 3.76. The molecule has 4 rings (SSSR count). The zero-order valence-corrected chi connectivity index (χ0v) is 14.8. The number of thioether (sulfide) groups is 1. The predicted octanol–water partition coefficient (Wildman–Crippen LogP) is 4.19. The lowest BCUT2D eigenvalue weighted by Crippen LogP contribution is -2.17. The lowest BCUT2D eigenvalue weighted by molar-refractivity contribution is 0.412. The Bertz CT molecular complexity index is 898. The SMILES string of the molecule is COc1ccc(/C(F)=C/c2ccc(F)c(C3N=C(N)SC4CC43)c2)nc1. The van der Waals surface area contributed by atoms with Gasteiger partial charge in [0.2, 0.25) is 0 Å². The fourth-order valence-corrected chi connectivity index (χ4v) is 4.24. The van der Waals surface area contributed by atoms with E-state index in [-0.39, 0.29) is 17.6 Å². The number of nitrogens with two attached hydrogens (primary N) is 1. The molecule has 3 unspecified atom stereocenters. The Morgan fingerprint density at radius 1 is 1.35 bits per heavy atom. The third kappa shape index (κ3) is 3.31. The van der Waals surface area contributed by atoms with Crippen molar-refractivity contribution < 1.29 is 13.5 Å². The van der Waals surface area contributed by atoms with Gasteiger partial charge >= 0.3 is 0 Å². The number of rotatable bonds is 4. The molecule has 0 saturated heterocycles. The summed E-state index contributed by atoms with van der Waals surface area (Å²) in [5.74, 6) is 0.00492. The van der Waals surface area contributed by atoms with E-state index in [1.165, 1.54) is 37.6 Å². The highest BCUT2D eigenvalue weighted by atomic mass is 32.2. The molecule has 1 saturated carbocycles. The Kier molecular flexibility index (Phi) is 4.40. The third-order valence-electron chi connectivity index (χ3n) is 4.57. The first-order valence-corrected chi connectivity index (χ1v) is 9.10. The van der Waals surface area contributed by atoms with Crippen molar-refractivity contribution in [2.75, 3.05) is 7.11 Å². The maximum atomic E-state index is 14.5. The topological polar surface area (TPSA) is 60.5 Å². The number of hydrogen-bond donors (Lipinski definition) is 1. The number of ether oxygens (including phenoxy) is 1. The molecule has 134 valence electrons. The fraction of sp³-hybridized carbons (Fsp3) is 0.263. The Morgan fingerprint density at radius 2 is 2.19 bits per heavy atom. The highest BCUT2D eigenvalue weighted by Crippen LogP contribution is 2.54. The molecule has 0 amide bonds. The van der Waals surface area contributed by atoms with Gasteiger partial charge in [0.05, 0.1) is 25.0 Å². The highest BCUT2D eigenvalue weighted by molar-refractivity contribution is 8.14. The number of halogens is 2. The summed E-state index contributed by atoms with van der Waals surface area (Å²) in [5, 5.41) is 0.902. The van der Waals surface area contributed by atoms with Crippen molar-refractivity contribution in [2.45, 2.75) is 17.7 Å². The van der Waals surface area contributed by atoms with E-state index in [9.17, 15) is 8.78 Å². The zero-order chi connectivity index (χ0) is 18.3. The second kappa shape index (κ2) is 6.72. The van der Waals surface area contributed by atoms with Gasteiger partial charge in [0, 0.05) is 10.8 Å². The minimum atomic E-state index is -0.503. The van der Waals surface area contributed by atoms with Crippen LogP contribution in [0.2, 0.25) is 0 Å². The van der Waals surface area contributed by atoms with Gasteiger partial charge in [-0.25, -0.2) is 13.8 Å². The number of pyridine rings is 1. The number of nitrogens with zero attached hydrogens (tertiary/aromatic N) is 2. The monoisotopic (exact) mass is 373 g/mol. The van der Waals surface area contributed by atoms with Gasteiger partial charge in [0.15, 0.2) is 5.17 Å². The van der Waals surface area contributed by atoms with Crippen molar-refractivity contribution in [1.82, 2.24) is 4.98 Å². The van der Waals surface area contributed by atoms with Crippen LogP contribution in [0.15, 0.2) is 41.5 Å². The Hall–Kier alpha value is -2.41. The first-order chi connectivity index (χ1) is 12.5. The van der Waals surface area contributed by atoms with Crippen LogP contribution in [0.4, 0.5) is 8.78 Å². The van der Waals surface area contributed by atoms with Gasteiger partial charge in [0.25, 0.3) is 0 Å². The smallest absolute Gasteiger partial charge is 0.154 e. The van der Waals surface area contributed by atoms with Crippen LogP contribution < -0.4 is 10.5 Å². The molecule has 1 aromatic heterocycles. The van der Waals surface area contributed by atoms with E-state index in [0.717, 1.165) is 6.42 Å². The summed E-state index contributed by atoms with van der Waals surface area (Å²) >= 11 is 1.55. The molecule has 1 aliphatic carbocycles. The summed E-state index contributed by atoms with van der Waals surface area (Å²) in [4.78, 5) is 8.43. The van der Waals surface area contributed by atoms with Crippen molar-refractivity contribution >= 4 is 28.8 Å². The van der Waals surface area contributed by atoms with Crippen LogP contribution in [0.1, 0.15) is 29.3 Å². The quantitative estimate of drug-likeness (QED) is 0.873. The second-order valence-corrected chi connectivity index (χ2v) is 7.58. The molecule has 3 atom stereocenters. The van der Waals surface area contributed by atoms with Gasteiger partial charge in [-0.05, 0) is 48.2 Å². The molecule has 26 heavy (non-hydrogen) atoms. The average Bonchev–Trinajstić information content (AvgIpc) is 3.42. The lowest BCUT2D eigenvalue weighted by Gasteiger charge is -2.19. The highest BCUT2D eigenvalue weighted by Gasteiger charge is 2.48. The van der Waals surface area contributed by atoms with E-state index >= 15 is 0 Å². The number of hydrogen-bond acceptors (Lipinski definition) is 5. The normalized spacial score (nSPS) is 24.7. The molecule has 2 aliphatic rings. The van der Waals surface area contributed by atoms with E-state index in [1.54, 1.807) is 23.9 Å². The number of methoxy groups -OCH3 is 1. The Morgan fingerprint density at radius 3 is 2.92 bits per heavy atom. The minimum absolute atomic E-state index is 0.190. The molecule has 7 heteroatoms. The predicted molar refractivity (Wildman–Crippen MR) is 100 cm³/mol. The largest absolute Gasteiger partial charge is 0.495 e. The Labute approximate surface area is 154 Å². The van der Waals surface area contributed by atoms with E-state index in [4.69, 9.17) is 10.5 Å². The van der Waals surface area contributed by atoms with E-state index in [0.29, 0.717) is 33.2 Å². The van der Waals surface area contributed by atoms with Gasteiger partial charge < -0.3 is 10.5 Å². The standard InChI is InChI=1S/C19H17F2N3OS/c1-25-11-3-5-16(23-9-11)15(21)7-10-2-4-14(20)12(6-10)18-13-8-17(13)26-19(22)24-18/h2-7,9,13,17-18H,8H2,1H3,(H2,22,24)/b15-7-. The number of aliphatic imine (C=N–C) groups is 1. The third-order valence-corrected chi connectivity index (χ3v) is 5.76. The molecule has 0 spiro atoms. The molecule has 2 heterocycles. The zero-order valence-electron chi connectivity index (χ0n) is 14.0. The summed E-state index contributed by atoms with van der Waals surface area (Å²) in [6, 6.07) is 7.41. The van der Waals surface area contributed by atoms with Gasteiger partial charge in [-0.3, -0.25) is 4.99 Å². The summed E-state index contributed by atoms with van der Waals surface area (Å²) in [5.41, 5.74) is 7.06. The average molecular weight is 373 g/mol. The molecule has 2 N–H and O–H groups in total. The summed E-state index contributed by atoms with van der Waals surface area (Å²) < 4.78 is 33.9. The first kappa shape index (κ1) is 17.0. The number of aromatic nitrogens is 1. The van der Waals surface area contributed by atoms with Crippen molar-refractivity contribution in [1.29, 1.82) is 0 Å². The van der Waals surface area contributed by atoms with Crippen molar-refractivity contribution in [3.05, 3.63) is 59.2 Å². The number of fused-ring (bicyclic) bond motifs is 1.